The number of halogens is 1. The van der Waals surface area contributed by atoms with Gasteiger partial charge in [0.2, 0.25) is 0 Å². The molecule has 0 amide bonds. The minimum absolute atomic E-state index is 0.293. The third kappa shape index (κ3) is 1.23. The maximum atomic E-state index is 8.36. The molecule has 3 nitrogen and oxygen atoms in total. The van der Waals surface area contributed by atoms with Crippen LogP contribution >= 0.6 is 11.6 Å². The molecule has 0 aliphatic rings. The first-order valence-corrected chi connectivity index (χ1v) is 3.02. The van der Waals surface area contributed by atoms with Crippen molar-refractivity contribution >= 4 is 11.6 Å². The fourth-order valence-electron chi connectivity index (χ4n) is 0.525. The van der Waals surface area contributed by atoms with E-state index in [1.165, 1.54) is 0 Å². The van der Waals surface area contributed by atoms with Gasteiger partial charge in [-0.1, -0.05) is 11.6 Å². The molecular weight excluding hydrogens is 150 g/mol. The fourth-order valence-corrected chi connectivity index (χ4v) is 0.617. The average molecular weight is 154 g/mol. The van der Waals surface area contributed by atoms with Gasteiger partial charge in [0.25, 0.3) is 0 Å². The second-order valence-electron chi connectivity index (χ2n) is 1.82. The van der Waals surface area contributed by atoms with E-state index < -0.39 is 0 Å². The molecule has 0 saturated heterocycles. The van der Waals surface area contributed by atoms with Crippen LogP contribution in [-0.2, 0) is 0 Å². The van der Waals surface area contributed by atoms with E-state index in [4.69, 9.17) is 16.9 Å². The number of aromatic nitrogens is 2. The average Bonchev–Trinajstić information content (AvgIpc) is 1.95. The SMILES string of the molecule is Cc1cc(C#N)nnc1Cl. The molecule has 50 valence electrons. The first kappa shape index (κ1) is 6.97. The van der Waals surface area contributed by atoms with E-state index >= 15 is 0 Å². The number of nitrogens with zero attached hydrogens (tertiary/aromatic N) is 3. The first-order chi connectivity index (χ1) is 4.74. The maximum Gasteiger partial charge on any atom is 0.163 e. The molecule has 0 aliphatic heterocycles. The van der Waals surface area contributed by atoms with Gasteiger partial charge in [-0.2, -0.15) is 5.26 Å². The first-order valence-electron chi connectivity index (χ1n) is 2.64. The smallest absolute Gasteiger partial charge is 0.163 e. The standard InChI is InChI=1S/C6H4ClN3/c1-4-2-5(3-8)9-10-6(4)7/h2H,1H3. The lowest BCUT2D eigenvalue weighted by Gasteiger charge is -1.92. The van der Waals surface area contributed by atoms with Crippen LogP contribution in [0.1, 0.15) is 11.3 Å². The van der Waals surface area contributed by atoms with E-state index in [-0.39, 0.29) is 0 Å². The molecule has 4 heteroatoms. The Kier molecular flexibility index (Phi) is 1.83. The number of hydrogen-bond acceptors (Lipinski definition) is 3. The van der Waals surface area contributed by atoms with Crippen LogP contribution in [-0.4, -0.2) is 10.2 Å². The Balaban J connectivity index is 3.20. The molecule has 0 unspecified atom stereocenters. The fraction of sp³-hybridized carbons (Fsp3) is 0.167. The van der Waals surface area contributed by atoms with Crippen molar-refractivity contribution in [1.82, 2.24) is 10.2 Å². The van der Waals surface area contributed by atoms with E-state index in [1.807, 2.05) is 6.07 Å². The summed E-state index contributed by atoms with van der Waals surface area (Å²) < 4.78 is 0. The molecule has 1 rings (SSSR count). The summed E-state index contributed by atoms with van der Waals surface area (Å²) >= 11 is 5.55. The topological polar surface area (TPSA) is 49.6 Å². The van der Waals surface area contributed by atoms with Gasteiger partial charge in [0.1, 0.15) is 6.07 Å². The lowest BCUT2D eigenvalue weighted by atomic mass is 10.3. The summed E-state index contributed by atoms with van der Waals surface area (Å²) in [5.74, 6) is 0. The molecule has 0 bridgehead atoms. The van der Waals surface area contributed by atoms with Gasteiger partial charge < -0.3 is 0 Å². The van der Waals surface area contributed by atoms with Crippen molar-refractivity contribution in [3.63, 3.8) is 0 Å². The van der Waals surface area contributed by atoms with Gasteiger partial charge in [0, 0.05) is 0 Å². The zero-order chi connectivity index (χ0) is 7.56. The molecule has 0 saturated carbocycles. The van der Waals surface area contributed by atoms with Crippen molar-refractivity contribution < 1.29 is 0 Å². The van der Waals surface area contributed by atoms with Crippen LogP contribution in [0.3, 0.4) is 0 Å². The second-order valence-corrected chi connectivity index (χ2v) is 2.17. The Labute approximate surface area is 63.3 Å². The second kappa shape index (κ2) is 2.63. The van der Waals surface area contributed by atoms with Crippen LogP contribution in [0.2, 0.25) is 5.15 Å². The summed E-state index contributed by atoms with van der Waals surface area (Å²) in [7, 11) is 0. The predicted molar refractivity (Wildman–Crippen MR) is 36.5 cm³/mol. The van der Waals surface area contributed by atoms with Crippen LogP contribution in [0.15, 0.2) is 6.07 Å². The molecule has 1 aromatic heterocycles. The Bertz CT molecular complexity index is 290. The molecule has 1 heterocycles. The Hall–Kier alpha value is -1.14. The molecule has 1 aromatic rings. The van der Waals surface area contributed by atoms with Crippen molar-refractivity contribution in [3.05, 3.63) is 22.5 Å². The van der Waals surface area contributed by atoms with Crippen molar-refractivity contribution in [2.45, 2.75) is 6.92 Å². The number of aryl methyl sites for hydroxylation is 1. The highest BCUT2D eigenvalue weighted by atomic mass is 35.5. The monoisotopic (exact) mass is 153 g/mol. The third-order valence-electron chi connectivity index (χ3n) is 1.04. The molecule has 0 atom stereocenters. The van der Waals surface area contributed by atoms with Gasteiger partial charge in [0.15, 0.2) is 10.8 Å². The molecule has 0 radical (unpaired) electrons. The van der Waals surface area contributed by atoms with Gasteiger partial charge in [-0.25, -0.2) is 0 Å². The summed E-state index contributed by atoms with van der Waals surface area (Å²) in [6.45, 7) is 1.78. The molecule has 0 N–H and O–H groups in total. The van der Waals surface area contributed by atoms with Crippen molar-refractivity contribution in [1.29, 1.82) is 5.26 Å². The van der Waals surface area contributed by atoms with E-state index in [1.54, 1.807) is 13.0 Å². The maximum absolute atomic E-state index is 8.36. The van der Waals surface area contributed by atoms with E-state index in [0.717, 1.165) is 5.56 Å². The van der Waals surface area contributed by atoms with Crippen molar-refractivity contribution in [2.24, 2.45) is 0 Å². The Morgan fingerprint density at radius 1 is 1.60 bits per heavy atom. The lowest BCUT2D eigenvalue weighted by molar-refractivity contribution is 0.994. The molecule has 10 heavy (non-hydrogen) atoms. The van der Waals surface area contributed by atoms with Gasteiger partial charge >= 0.3 is 0 Å². The molecule has 0 aromatic carbocycles. The van der Waals surface area contributed by atoms with Gasteiger partial charge in [-0.15, -0.1) is 10.2 Å². The zero-order valence-corrected chi connectivity index (χ0v) is 6.05. The number of rotatable bonds is 0. The van der Waals surface area contributed by atoms with Crippen LogP contribution in [0.5, 0.6) is 0 Å². The highest BCUT2D eigenvalue weighted by Gasteiger charge is 1.97. The van der Waals surface area contributed by atoms with Crippen molar-refractivity contribution in [3.8, 4) is 6.07 Å². The van der Waals surface area contributed by atoms with Gasteiger partial charge in [0.05, 0.1) is 0 Å². The summed E-state index contributed by atoms with van der Waals surface area (Å²) in [5.41, 5.74) is 1.06. The highest BCUT2D eigenvalue weighted by Crippen LogP contribution is 2.09. The summed E-state index contributed by atoms with van der Waals surface area (Å²) in [6, 6.07) is 3.46. The summed E-state index contributed by atoms with van der Waals surface area (Å²) in [6.07, 6.45) is 0. The number of nitriles is 1. The summed E-state index contributed by atoms with van der Waals surface area (Å²) in [4.78, 5) is 0. The zero-order valence-electron chi connectivity index (χ0n) is 5.30. The molecular formula is C6H4ClN3. The van der Waals surface area contributed by atoms with Crippen LogP contribution in [0.4, 0.5) is 0 Å². The molecule has 0 spiro atoms. The summed E-state index contributed by atoms with van der Waals surface area (Å²) in [5, 5.41) is 15.8. The molecule has 0 fully saturated rings. The minimum Gasteiger partial charge on any atom is -0.191 e. The van der Waals surface area contributed by atoms with Crippen LogP contribution in [0, 0.1) is 18.3 Å². The predicted octanol–water partition coefficient (Wildman–Crippen LogP) is 1.31. The minimum atomic E-state index is 0.293. The normalized spacial score (nSPS) is 8.90. The largest absolute Gasteiger partial charge is 0.191 e. The van der Waals surface area contributed by atoms with E-state index in [0.29, 0.717) is 10.8 Å². The number of hydrogen-bond donors (Lipinski definition) is 0. The van der Waals surface area contributed by atoms with E-state index in [9.17, 15) is 0 Å². The van der Waals surface area contributed by atoms with Gasteiger partial charge in [-0.3, -0.25) is 0 Å². The van der Waals surface area contributed by atoms with Crippen LogP contribution < -0.4 is 0 Å². The Morgan fingerprint density at radius 2 is 2.30 bits per heavy atom. The van der Waals surface area contributed by atoms with E-state index in [2.05, 4.69) is 10.2 Å². The highest BCUT2D eigenvalue weighted by molar-refractivity contribution is 6.30. The van der Waals surface area contributed by atoms with Crippen LogP contribution in [0.25, 0.3) is 0 Å². The van der Waals surface area contributed by atoms with Gasteiger partial charge in [-0.05, 0) is 18.6 Å². The lowest BCUT2D eigenvalue weighted by Crippen LogP contribution is -1.89. The van der Waals surface area contributed by atoms with Crippen molar-refractivity contribution in [2.75, 3.05) is 0 Å². The quantitative estimate of drug-likeness (QED) is 0.565. The third-order valence-corrected chi connectivity index (χ3v) is 1.41. The Morgan fingerprint density at radius 3 is 2.80 bits per heavy atom. The molecule has 0 aliphatic carbocycles.